The first-order valence-electron chi connectivity index (χ1n) is 7.72. The smallest absolute Gasteiger partial charge is 0.222 e. The lowest BCUT2D eigenvalue weighted by molar-refractivity contribution is -0.133. The fraction of sp³-hybridized carbons (Fsp3) is 0.867. The molecular formula is C15H29N3OS. The molecule has 1 aliphatic rings. The molecule has 4 nitrogen and oxygen atoms in total. The fourth-order valence-electron chi connectivity index (χ4n) is 2.53. The van der Waals surface area contributed by atoms with Gasteiger partial charge in [-0.2, -0.15) is 0 Å². The zero-order chi connectivity index (χ0) is 15.2. The first kappa shape index (κ1) is 17.4. The van der Waals surface area contributed by atoms with Crippen molar-refractivity contribution < 1.29 is 4.79 Å². The Morgan fingerprint density at radius 2 is 1.75 bits per heavy atom. The van der Waals surface area contributed by atoms with Gasteiger partial charge in [0.1, 0.15) is 0 Å². The van der Waals surface area contributed by atoms with Gasteiger partial charge in [0.15, 0.2) is 0 Å². The summed E-state index contributed by atoms with van der Waals surface area (Å²) in [5, 5.41) is 0. The lowest BCUT2D eigenvalue weighted by atomic mass is 10.0. The Morgan fingerprint density at radius 1 is 1.15 bits per heavy atom. The van der Waals surface area contributed by atoms with Crippen LogP contribution >= 0.6 is 12.2 Å². The second kappa shape index (κ2) is 7.93. The molecule has 0 atom stereocenters. The van der Waals surface area contributed by atoms with Crippen LogP contribution < -0.4 is 5.73 Å². The van der Waals surface area contributed by atoms with Crippen LogP contribution in [0.4, 0.5) is 0 Å². The van der Waals surface area contributed by atoms with E-state index in [1.807, 2.05) is 4.90 Å². The van der Waals surface area contributed by atoms with E-state index < -0.39 is 0 Å². The third-order valence-electron chi connectivity index (χ3n) is 4.27. The summed E-state index contributed by atoms with van der Waals surface area (Å²) in [7, 11) is 0. The third-order valence-corrected chi connectivity index (χ3v) is 4.77. The van der Waals surface area contributed by atoms with E-state index in [0.717, 1.165) is 39.0 Å². The van der Waals surface area contributed by atoms with Crippen LogP contribution in [0.5, 0.6) is 0 Å². The van der Waals surface area contributed by atoms with Crippen LogP contribution in [-0.4, -0.2) is 52.4 Å². The maximum atomic E-state index is 12.1. The minimum atomic E-state index is -0.258. The maximum absolute atomic E-state index is 12.1. The summed E-state index contributed by atoms with van der Waals surface area (Å²) in [4.78, 5) is 16.9. The number of hydrogen-bond acceptors (Lipinski definition) is 3. The third kappa shape index (κ3) is 4.70. The van der Waals surface area contributed by atoms with Gasteiger partial charge in [-0.1, -0.05) is 38.4 Å². The Labute approximate surface area is 128 Å². The van der Waals surface area contributed by atoms with Crippen molar-refractivity contribution in [2.24, 2.45) is 5.73 Å². The summed E-state index contributed by atoms with van der Waals surface area (Å²) < 4.78 is 0. The Hall–Kier alpha value is -0.680. The molecule has 0 spiro atoms. The molecule has 0 unspecified atom stereocenters. The van der Waals surface area contributed by atoms with Crippen LogP contribution in [0.15, 0.2) is 0 Å². The van der Waals surface area contributed by atoms with E-state index in [9.17, 15) is 4.79 Å². The number of hydrogen-bond donors (Lipinski definition) is 1. The molecule has 116 valence electrons. The van der Waals surface area contributed by atoms with Gasteiger partial charge in [0, 0.05) is 32.6 Å². The first-order valence-corrected chi connectivity index (χ1v) is 8.13. The second-order valence-electron chi connectivity index (χ2n) is 6.10. The summed E-state index contributed by atoms with van der Waals surface area (Å²) in [5.41, 5.74) is 5.54. The predicted octanol–water partition coefficient (Wildman–Crippen LogP) is 2.17. The molecule has 20 heavy (non-hydrogen) atoms. The van der Waals surface area contributed by atoms with Gasteiger partial charge in [0.25, 0.3) is 0 Å². The van der Waals surface area contributed by atoms with E-state index in [2.05, 4.69) is 25.7 Å². The number of nitrogens with zero attached hydrogens (tertiary/aromatic N) is 2. The van der Waals surface area contributed by atoms with Crippen LogP contribution in [0.25, 0.3) is 0 Å². The number of thiocarbonyl (C=S) groups is 1. The molecule has 0 aromatic carbocycles. The summed E-state index contributed by atoms with van der Waals surface area (Å²) >= 11 is 5.13. The van der Waals surface area contributed by atoms with Crippen LogP contribution in [0.1, 0.15) is 52.9 Å². The number of rotatable bonds is 7. The maximum Gasteiger partial charge on any atom is 0.222 e. The molecule has 0 radical (unpaired) electrons. The number of amides is 1. The van der Waals surface area contributed by atoms with Crippen molar-refractivity contribution in [2.45, 2.75) is 58.4 Å². The SMILES string of the molecule is CCCCCCC(=O)N1CCN(C(C)(C)C(N)=S)CC1. The molecule has 0 saturated carbocycles. The molecule has 2 N–H and O–H groups in total. The molecule has 5 heteroatoms. The molecule has 1 rings (SSSR count). The van der Waals surface area contributed by atoms with Gasteiger partial charge >= 0.3 is 0 Å². The zero-order valence-corrected chi connectivity index (χ0v) is 14.0. The highest BCUT2D eigenvalue weighted by Crippen LogP contribution is 2.18. The normalized spacial score (nSPS) is 17.2. The summed E-state index contributed by atoms with van der Waals surface area (Å²) in [6.07, 6.45) is 5.31. The molecule has 0 aromatic heterocycles. The molecule has 1 heterocycles. The quantitative estimate of drug-likeness (QED) is 0.578. The van der Waals surface area contributed by atoms with Gasteiger partial charge in [-0.3, -0.25) is 9.69 Å². The van der Waals surface area contributed by atoms with Gasteiger partial charge in [-0.15, -0.1) is 0 Å². The lowest BCUT2D eigenvalue weighted by Gasteiger charge is -2.43. The highest BCUT2D eigenvalue weighted by molar-refractivity contribution is 7.80. The van der Waals surface area contributed by atoms with Crippen LogP contribution in [0, 0.1) is 0 Å². The largest absolute Gasteiger partial charge is 0.392 e. The molecule has 1 amide bonds. The van der Waals surface area contributed by atoms with Crippen molar-refractivity contribution in [3.63, 3.8) is 0 Å². The Balaban J connectivity index is 2.35. The van der Waals surface area contributed by atoms with Crippen LogP contribution in [0.2, 0.25) is 0 Å². The Kier molecular flexibility index (Phi) is 6.89. The van der Waals surface area contributed by atoms with Crippen LogP contribution in [0.3, 0.4) is 0 Å². The number of carbonyl (C=O) groups is 1. The van der Waals surface area contributed by atoms with E-state index in [1.165, 1.54) is 12.8 Å². The number of carbonyl (C=O) groups excluding carboxylic acids is 1. The Morgan fingerprint density at radius 3 is 2.25 bits per heavy atom. The highest BCUT2D eigenvalue weighted by atomic mass is 32.1. The molecule has 0 aromatic rings. The number of nitrogens with two attached hydrogens (primary N) is 1. The standard InChI is InChI=1S/C15H29N3OS/c1-4-5-6-7-8-13(19)17-9-11-18(12-10-17)15(2,3)14(16)20/h4-12H2,1-3H3,(H2,16,20). The topological polar surface area (TPSA) is 49.6 Å². The van der Waals surface area contributed by atoms with Crippen LogP contribution in [-0.2, 0) is 4.79 Å². The van der Waals surface area contributed by atoms with Gasteiger partial charge < -0.3 is 10.6 Å². The number of piperazine rings is 1. The fourth-order valence-corrected chi connectivity index (χ4v) is 2.66. The molecular weight excluding hydrogens is 270 g/mol. The molecule has 0 aliphatic carbocycles. The van der Waals surface area contributed by atoms with Gasteiger partial charge in [0.05, 0.1) is 10.5 Å². The monoisotopic (exact) mass is 299 g/mol. The summed E-state index contributed by atoms with van der Waals surface area (Å²) in [6.45, 7) is 9.58. The van der Waals surface area contributed by atoms with Crippen molar-refractivity contribution in [1.82, 2.24) is 9.80 Å². The lowest BCUT2D eigenvalue weighted by Crippen LogP contribution is -2.59. The molecule has 1 saturated heterocycles. The zero-order valence-electron chi connectivity index (χ0n) is 13.2. The highest BCUT2D eigenvalue weighted by Gasteiger charge is 2.33. The average Bonchev–Trinajstić information content (AvgIpc) is 2.43. The van der Waals surface area contributed by atoms with E-state index in [1.54, 1.807) is 0 Å². The van der Waals surface area contributed by atoms with Crippen molar-refractivity contribution in [3.8, 4) is 0 Å². The average molecular weight is 299 g/mol. The summed E-state index contributed by atoms with van der Waals surface area (Å²) in [5.74, 6) is 0.300. The van der Waals surface area contributed by atoms with E-state index in [4.69, 9.17) is 18.0 Å². The van der Waals surface area contributed by atoms with E-state index in [-0.39, 0.29) is 5.54 Å². The van der Waals surface area contributed by atoms with Crippen molar-refractivity contribution in [1.29, 1.82) is 0 Å². The molecule has 1 aliphatic heterocycles. The predicted molar refractivity (Wildman–Crippen MR) is 87.8 cm³/mol. The van der Waals surface area contributed by atoms with Gasteiger partial charge in [-0.25, -0.2) is 0 Å². The molecule has 0 bridgehead atoms. The van der Waals surface area contributed by atoms with E-state index >= 15 is 0 Å². The van der Waals surface area contributed by atoms with Gasteiger partial charge in [-0.05, 0) is 20.3 Å². The molecule has 1 fully saturated rings. The minimum absolute atomic E-state index is 0.258. The second-order valence-corrected chi connectivity index (χ2v) is 6.54. The van der Waals surface area contributed by atoms with Crippen molar-refractivity contribution >= 4 is 23.1 Å². The number of unbranched alkanes of at least 4 members (excludes halogenated alkanes) is 3. The van der Waals surface area contributed by atoms with Crippen molar-refractivity contribution in [3.05, 3.63) is 0 Å². The van der Waals surface area contributed by atoms with Gasteiger partial charge in [0.2, 0.25) is 5.91 Å². The van der Waals surface area contributed by atoms with Crippen molar-refractivity contribution in [2.75, 3.05) is 26.2 Å². The minimum Gasteiger partial charge on any atom is -0.392 e. The van der Waals surface area contributed by atoms with E-state index in [0.29, 0.717) is 17.3 Å². The summed E-state index contributed by atoms with van der Waals surface area (Å²) in [6, 6.07) is 0. The Bertz CT molecular complexity index is 336. The first-order chi connectivity index (χ1) is 9.39.